The van der Waals surface area contributed by atoms with Crippen LogP contribution in [0.4, 0.5) is 20.2 Å². The van der Waals surface area contributed by atoms with E-state index in [0.29, 0.717) is 28.8 Å². The first-order valence-corrected chi connectivity index (χ1v) is 14.5. The fourth-order valence-corrected chi connectivity index (χ4v) is 6.11. The molecule has 1 saturated carbocycles. The smallest absolute Gasteiger partial charge is 0.166 e. The number of anilines is 2. The van der Waals surface area contributed by atoms with E-state index in [-0.39, 0.29) is 11.5 Å². The second-order valence-electron chi connectivity index (χ2n) is 11.4. The van der Waals surface area contributed by atoms with Crippen molar-refractivity contribution >= 4 is 11.4 Å². The molecule has 0 atom stereocenters. The van der Waals surface area contributed by atoms with Crippen LogP contribution in [0.2, 0.25) is 0 Å². The Morgan fingerprint density at radius 1 is 0.605 bits per heavy atom. The SMILES string of the molecule is Cc1ccc(C2CCC(c3ccc(Oc4ccc(N)cc4)c(F)c3)(c3ccc(Oc4ccc(N)cc4)c(F)c3)CC2)cc1. The van der Waals surface area contributed by atoms with Crippen molar-refractivity contribution < 1.29 is 18.3 Å². The van der Waals surface area contributed by atoms with Crippen LogP contribution in [0, 0.1) is 18.6 Å². The summed E-state index contributed by atoms with van der Waals surface area (Å²) in [5.74, 6) is 0.660. The molecule has 0 heterocycles. The summed E-state index contributed by atoms with van der Waals surface area (Å²) in [7, 11) is 0. The second-order valence-corrected chi connectivity index (χ2v) is 11.4. The maximum atomic E-state index is 15.6. The first-order valence-electron chi connectivity index (χ1n) is 14.5. The molecule has 43 heavy (non-hydrogen) atoms. The number of hydrogen-bond donors (Lipinski definition) is 2. The van der Waals surface area contributed by atoms with Gasteiger partial charge in [-0.3, -0.25) is 0 Å². The predicted octanol–water partition coefficient (Wildman–Crippen LogP) is 9.67. The van der Waals surface area contributed by atoms with Crippen molar-refractivity contribution in [3.63, 3.8) is 0 Å². The minimum Gasteiger partial charge on any atom is -0.454 e. The Bertz CT molecular complexity index is 1610. The number of nitrogen functional groups attached to an aromatic ring is 2. The van der Waals surface area contributed by atoms with Gasteiger partial charge in [0.1, 0.15) is 11.5 Å². The van der Waals surface area contributed by atoms with Crippen LogP contribution in [0.25, 0.3) is 0 Å². The minimum atomic E-state index is -0.581. The van der Waals surface area contributed by atoms with Gasteiger partial charge in [0.05, 0.1) is 0 Å². The Kier molecular flexibility index (Phi) is 7.76. The van der Waals surface area contributed by atoms with E-state index in [4.69, 9.17) is 20.9 Å². The first-order chi connectivity index (χ1) is 20.8. The van der Waals surface area contributed by atoms with Gasteiger partial charge in [0, 0.05) is 16.8 Å². The lowest BCUT2D eigenvalue weighted by Gasteiger charge is -2.42. The van der Waals surface area contributed by atoms with E-state index >= 15 is 8.78 Å². The molecule has 218 valence electrons. The number of ether oxygens (including phenoxy) is 2. The highest BCUT2D eigenvalue weighted by molar-refractivity contribution is 5.48. The van der Waals surface area contributed by atoms with E-state index in [2.05, 4.69) is 31.2 Å². The summed E-state index contributed by atoms with van der Waals surface area (Å²) >= 11 is 0. The fraction of sp³-hybridized carbons (Fsp3) is 0.189. The average molecular weight is 577 g/mol. The summed E-state index contributed by atoms with van der Waals surface area (Å²) in [5.41, 5.74) is 16.3. The van der Waals surface area contributed by atoms with Gasteiger partial charge in [-0.2, -0.15) is 0 Å². The zero-order valence-electron chi connectivity index (χ0n) is 24.0. The monoisotopic (exact) mass is 576 g/mol. The zero-order chi connectivity index (χ0) is 30.0. The number of benzene rings is 5. The number of nitrogens with two attached hydrogens (primary N) is 2. The van der Waals surface area contributed by atoms with Gasteiger partial charge in [0.25, 0.3) is 0 Å². The molecule has 5 aromatic rings. The number of hydrogen-bond acceptors (Lipinski definition) is 4. The van der Waals surface area contributed by atoms with Crippen molar-refractivity contribution in [2.45, 2.75) is 43.9 Å². The van der Waals surface area contributed by atoms with E-state index in [1.54, 1.807) is 60.7 Å². The lowest BCUT2D eigenvalue weighted by atomic mass is 9.62. The molecule has 5 aromatic carbocycles. The topological polar surface area (TPSA) is 70.5 Å². The summed E-state index contributed by atoms with van der Waals surface area (Å²) in [5, 5.41) is 0. The summed E-state index contributed by atoms with van der Waals surface area (Å²) in [6.07, 6.45) is 3.25. The third-order valence-electron chi connectivity index (χ3n) is 8.57. The second kappa shape index (κ2) is 11.8. The highest BCUT2D eigenvalue weighted by Gasteiger charge is 2.40. The number of halogens is 2. The van der Waals surface area contributed by atoms with Gasteiger partial charge in [0.15, 0.2) is 23.1 Å². The molecule has 4 N–H and O–H groups in total. The molecule has 0 radical (unpaired) electrons. The van der Waals surface area contributed by atoms with Crippen LogP contribution in [-0.4, -0.2) is 0 Å². The van der Waals surface area contributed by atoms with Gasteiger partial charge in [-0.05, 0) is 128 Å². The van der Waals surface area contributed by atoms with Crippen LogP contribution in [-0.2, 0) is 5.41 Å². The first kappa shape index (κ1) is 28.3. The molecule has 0 spiro atoms. The molecule has 1 aliphatic rings. The van der Waals surface area contributed by atoms with Crippen LogP contribution < -0.4 is 20.9 Å². The van der Waals surface area contributed by atoms with Crippen LogP contribution in [0.3, 0.4) is 0 Å². The molecule has 6 heteroatoms. The minimum absolute atomic E-state index is 0.121. The molecular formula is C37H34F2N2O2. The van der Waals surface area contributed by atoms with Crippen LogP contribution >= 0.6 is 0 Å². The van der Waals surface area contributed by atoms with Crippen LogP contribution in [0.5, 0.6) is 23.0 Å². The van der Waals surface area contributed by atoms with Crippen molar-refractivity contribution in [1.29, 1.82) is 0 Å². The highest BCUT2D eigenvalue weighted by atomic mass is 19.1. The van der Waals surface area contributed by atoms with Gasteiger partial charge in [-0.1, -0.05) is 42.0 Å². The zero-order valence-corrected chi connectivity index (χ0v) is 24.0. The van der Waals surface area contributed by atoms with Crippen molar-refractivity contribution in [2.75, 3.05) is 11.5 Å². The summed E-state index contributed by atoms with van der Waals surface area (Å²) < 4.78 is 42.8. The molecule has 4 nitrogen and oxygen atoms in total. The van der Waals surface area contributed by atoms with E-state index < -0.39 is 17.0 Å². The molecule has 0 saturated heterocycles. The third kappa shape index (κ3) is 6.05. The number of rotatable bonds is 7. The van der Waals surface area contributed by atoms with Crippen LogP contribution in [0.1, 0.15) is 53.9 Å². The van der Waals surface area contributed by atoms with Gasteiger partial charge in [-0.15, -0.1) is 0 Å². The van der Waals surface area contributed by atoms with Gasteiger partial charge in [-0.25, -0.2) is 8.78 Å². The molecular weight excluding hydrogens is 542 g/mol. The van der Waals surface area contributed by atoms with E-state index in [1.165, 1.54) is 23.3 Å². The standard InChI is InChI=1S/C37H34F2N2O2/c1-24-2-4-25(5-3-24)26-18-20-37(21-19-26,27-6-16-35(33(38)22-27)42-31-12-8-29(40)9-13-31)28-7-17-36(34(39)23-28)43-32-14-10-30(41)11-15-32/h2-17,22-23,26H,18-21,40-41H2,1H3. The summed E-state index contributed by atoms with van der Waals surface area (Å²) in [6, 6.07) is 32.5. The Hall–Kier alpha value is -4.84. The lowest BCUT2D eigenvalue weighted by molar-refractivity contribution is 0.312. The van der Waals surface area contributed by atoms with Gasteiger partial charge in [0.2, 0.25) is 0 Å². The summed E-state index contributed by atoms with van der Waals surface area (Å²) in [4.78, 5) is 0. The third-order valence-corrected chi connectivity index (χ3v) is 8.57. The Balaban J connectivity index is 1.33. The Labute approximate surface area is 250 Å². The van der Waals surface area contributed by atoms with E-state index in [0.717, 1.165) is 36.8 Å². The quantitative estimate of drug-likeness (QED) is 0.189. The van der Waals surface area contributed by atoms with Crippen molar-refractivity contribution in [1.82, 2.24) is 0 Å². The Morgan fingerprint density at radius 2 is 1.05 bits per heavy atom. The van der Waals surface area contributed by atoms with Crippen LogP contribution in [0.15, 0.2) is 109 Å². The molecule has 0 unspecified atom stereocenters. The molecule has 0 amide bonds. The maximum absolute atomic E-state index is 15.6. The van der Waals surface area contributed by atoms with Gasteiger partial charge >= 0.3 is 0 Å². The lowest BCUT2D eigenvalue weighted by Crippen LogP contribution is -2.33. The molecule has 0 aromatic heterocycles. The van der Waals surface area contributed by atoms with Crippen molar-refractivity contribution in [3.8, 4) is 23.0 Å². The highest BCUT2D eigenvalue weighted by Crippen LogP contribution is 2.50. The molecule has 1 fully saturated rings. The normalized spacial score (nSPS) is 14.8. The predicted molar refractivity (Wildman–Crippen MR) is 168 cm³/mol. The molecule has 1 aliphatic carbocycles. The fourth-order valence-electron chi connectivity index (χ4n) is 6.11. The molecule has 6 rings (SSSR count). The van der Waals surface area contributed by atoms with E-state index in [9.17, 15) is 0 Å². The molecule has 0 bridgehead atoms. The van der Waals surface area contributed by atoms with Crippen molar-refractivity contribution in [2.24, 2.45) is 0 Å². The maximum Gasteiger partial charge on any atom is 0.166 e. The largest absolute Gasteiger partial charge is 0.454 e. The number of aryl methyl sites for hydroxylation is 1. The molecule has 0 aliphatic heterocycles. The van der Waals surface area contributed by atoms with E-state index in [1.807, 2.05) is 12.1 Å². The van der Waals surface area contributed by atoms with Gasteiger partial charge < -0.3 is 20.9 Å². The Morgan fingerprint density at radius 3 is 1.47 bits per heavy atom. The van der Waals surface area contributed by atoms with Crippen molar-refractivity contribution in [3.05, 3.63) is 143 Å². The average Bonchev–Trinajstić information content (AvgIpc) is 3.02. The summed E-state index contributed by atoms with van der Waals surface area (Å²) in [6.45, 7) is 2.08.